The van der Waals surface area contributed by atoms with Gasteiger partial charge >= 0.3 is 0 Å². The number of nitrogens with one attached hydrogen (secondary N) is 1. The topological polar surface area (TPSA) is 68.5 Å². The van der Waals surface area contributed by atoms with Crippen LogP contribution in [0.25, 0.3) is 5.82 Å². The molecule has 0 radical (unpaired) electrons. The van der Waals surface area contributed by atoms with E-state index in [1.165, 1.54) is 4.88 Å². The van der Waals surface area contributed by atoms with E-state index in [2.05, 4.69) is 39.2 Å². The zero-order valence-corrected chi connectivity index (χ0v) is 13.8. The van der Waals surface area contributed by atoms with E-state index in [0.717, 1.165) is 16.4 Å². The summed E-state index contributed by atoms with van der Waals surface area (Å²) in [5.41, 5.74) is 2.00. The Morgan fingerprint density at radius 3 is 2.64 bits per heavy atom. The van der Waals surface area contributed by atoms with E-state index in [4.69, 9.17) is 0 Å². The van der Waals surface area contributed by atoms with E-state index >= 15 is 0 Å². The number of hydrogen-bond donors (Lipinski definition) is 1. The van der Waals surface area contributed by atoms with E-state index < -0.39 is 0 Å². The highest BCUT2D eigenvalue weighted by molar-refractivity contribution is 7.11. The van der Waals surface area contributed by atoms with Gasteiger partial charge in [-0.2, -0.15) is 5.10 Å². The molecule has 7 heteroatoms. The maximum absolute atomic E-state index is 4.59. The Kier molecular flexibility index (Phi) is 3.89. The zero-order chi connectivity index (χ0) is 15.7. The third kappa shape index (κ3) is 2.99. The summed E-state index contributed by atoms with van der Waals surface area (Å²) in [6.07, 6.45) is 5.31. The van der Waals surface area contributed by atoms with E-state index in [1.54, 1.807) is 28.4 Å². The number of hydrogen-bond acceptors (Lipinski definition) is 6. The highest BCUT2D eigenvalue weighted by Crippen LogP contribution is 2.22. The van der Waals surface area contributed by atoms with Gasteiger partial charge in [0.1, 0.15) is 10.8 Å². The van der Waals surface area contributed by atoms with Gasteiger partial charge in [0, 0.05) is 16.8 Å². The molecular formula is C15H18N6S. The Bertz CT molecular complexity index is 791. The van der Waals surface area contributed by atoms with Crippen molar-refractivity contribution in [1.29, 1.82) is 0 Å². The predicted octanol–water partition coefficient (Wildman–Crippen LogP) is 3.22. The molecule has 0 aliphatic heterocycles. The fourth-order valence-electron chi connectivity index (χ4n) is 2.24. The van der Waals surface area contributed by atoms with Gasteiger partial charge in [0.25, 0.3) is 0 Å². The lowest BCUT2D eigenvalue weighted by Gasteiger charge is -2.12. The molecule has 3 heterocycles. The van der Waals surface area contributed by atoms with Gasteiger partial charge in [-0.05, 0) is 33.8 Å². The minimum absolute atomic E-state index is 0.0868. The van der Waals surface area contributed by atoms with Gasteiger partial charge in [-0.3, -0.25) is 4.98 Å². The lowest BCUT2D eigenvalue weighted by Crippen LogP contribution is -2.10. The van der Waals surface area contributed by atoms with Gasteiger partial charge in [-0.25, -0.2) is 14.6 Å². The van der Waals surface area contributed by atoms with Crippen LogP contribution in [0.15, 0.2) is 24.7 Å². The molecule has 114 valence electrons. The molecule has 0 aromatic carbocycles. The molecule has 0 aliphatic carbocycles. The van der Waals surface area contributed by atoms with Crippen LogP contribution < -0.4 is 5.32 Å². The predicted molar refractivity (Wildman–Crippen MR) is 87.5 cm³/mol. The minimum atomic E-state index is 0.0868. The van der Waals surface area contributed by atoms with Crippen LogP contribution in [0.3, 0.4) is 0 Å². The highest BCUT2D eigenvalue weighted by atomic mass is 32.1. The molecule has 0 aliphatic rings. The molecule has 3 aromatic heterocycles. The van der Waals surface area contributed by atoms with E-state index in [9.17, 15) is 0 Å². The van der Waals surface area contributed by atoms with E-state index in [-0.39, 0.29) is 6.04 Å². The Morgan fingerprint density at radius 1 is 1.18 bits per heavy atom. The van der Waals surface area contributed by atoms with Crippen LogP contribution >= 0.6 is 11.3 Å². The number of rotatable bonds is 4. The standard InChI is InChI=1S/C15H18N6S/c1-9-5-10(2)21(20-9)14-8-16-7-13(19-14)18-12(4)15-17-6-11(3)22-15/h5-8,12H,1-4H3,(H,18,19). The zero-order valence-electron chi connectivity index (χ0n) is 13.0. The first kappa shape index (κ1) is 14.6. The molecular weight excluding hydrogens is 296 g/mol. The average Bonchev–Trinajstić information content (AvgIpc) is 3.05. The Labute approximate surface area is 133 Å². The lowest BCUT2D eigenvalue weighted by atomic mass is 10.3. The largest absolute Gasteiger partial charge is 0.360 e. The minimum Gasteiger partial charge on any atom is -0.360 e. The Morgan fingerprint density at radius 2 is 2.00 bits per heavy atom. The second-order valence-corrected chi connectivity index (χ2v) is 6.54. The van der Waals surface area contributed by atoms with Crippen molar-refractivity contribution in [3.63, 3.8) is 0 Å². The molecule has 1 N–H and O–H groups in total. The van der Waals surface area contributed by atoms with Crippen molar-refractivity contribution >= 4 is 17.2 Å². The van der Waals surface area contributed by atoms with Crippen molar-refractivity contribution < 1.29 is 0 Å². The van der Waals surface area contributed by atoms with E-state index in [1.807, 2.05) is 26.1 Å². The summed E-state index contributed by atoms with van der Waals surface area (Å²) in [6, 6.07) is 2.10. The van der Waals surface area contributed by atoms with Crippen LogP contribution in [0.5, 0.6) is 0 Å². The normalized spacial score (nSPS) is 12.4. The molecule has 0 saturated heterocycles. The van der Waals surface area contributed by atoms with Crippen molar-refractivity contribution in [2.75, 3.05) is 5.32 Å². The van der Waals surface area contributed by atoms with Crippen molar-refractivity contribution in [2.45, 2.75) is 33.7 Å². The molecule has 22 heavy (non-hydrogen) atoms. The summed E-state index contributed by atoms with van der Waals surface area (Å²) < 4.78 is 1.80. The fraction of sp³-hybridized carbons (Fsp3) is 0.333. The molecule has 3 aromatic rings. The van der Waals surface area contributed by atoms with Gasteiger partial charge < -0.3 is 5.32 Å². The maximum Gasteiger partial charge on any atom is 0.174 e. The fourth-order valence-corrected chi connectivity index (χ4v) is 3.02. The van der Waals surface area contributed by atoms with Crippen LogP contribution in [0.2, 0.25) is 0 Å². The van der Waals surface area contributed by atoms with Crippen LogP contribution in [0, 0.1) is 20.8 Å². The molecule has 6 nitrogen and oxygen atoms in total. The molecule has 0 bridgehead atoms. The van der Waals surface area contributed by atoms with Gasteiger partial charge in [-0.15, -0.1) is 11.3 Å². The van der Waals surface area contributed by atoms with Crippen molar-refractivity contribution in [3.8, 4) is 5.82 Å². The van der Waals surface area contributed by atoms with Gasteiger partial charge in [0.2, 0.25) is 0 Å². The van der Waals surface area contributed by atoms with Crippen molar-refractivity contribution in [3.05, 3.63) is 45.9 Å². The van der Waals surface area contributed by atoms with Gasteiger partial charge in [0.15, 0.2) is 5.82 Å². The Hall–Kier alpha value is -2.28. The van der Waals surface area contributed by atoms with Crippen molar-refractivity contribution in [2.24, 2.45) is 0 Å². The molecule has 0 amide bonds. The number of aryl methyl sites for hydroxylation is 3. The molecule has 1 atom stereocenters. The summed E-state index contributed by atoms with van der Waals surface area (Å²) in [4.78, 5) is 14.5. The average molecular weight is 314 g/mol. The SMILES string of the molecule is Cc1cc(C)n(-c2cncc(NC(C)c3ncc(C)s3)n2)n1. The number of aromatic nitrogens is 5. The van der Waals surface area contributed by atoms with E-state index in [0.29, 0.717) is 11.6 Å². The molecule has 0 fully saturated rings. The number of anilines is 1. The first-order valence-corrected chi connectivity index (χ1v) is 7.89. The quantitative estimate of drug-likeness (QED) is 0.801. The third-order valence-electron chi connectivity index (χ3n) is 3.22. The number of nitrogens with zero attached hydrogens (tertiary/aromatic N) is 5. The summed E-state index contributed by atoms with van der Waals surface area (Å²) in [6.45, 7) is 8.09. The van der Waals surface area contributed by atoms with Crippen LogP contribution in [-0.4, -0.2) is 24.7 Å². The lowest BCUT2D eigenvalue weighted by molar-refractivity contribution is 0.792. The molecule has 1 unspecified atom stereocenters. The summed E-state index contributed by atoms with van der Waals surface area (Å²) in [5.74, 6) is 1.42. The molecule has 0 saturated carbocycles. The highest BCUT2D eigenvalue weighted by Gasteiger charge is 2.11. The van der Waals surface area contributed by atoms with Crippen molar-refractivity contribution in [1.82, 2.24) is 24.7 Å². The summed E-state index contributed by atoms with van der Waals surface area (Å²) in [7, 11) is 0. The van der Waals surface area contributed by atoms with Crippen LogP contribution in [-0.2, 0) is 0 Å². The molecule has 0 spiro atoms. The van der Waals surface area contributed by atoms with Gasteiger partial charge in [0.05, 0.1) is 24.1 Å². The first-order valence-electron chi connectivity index (χ1n) is 7.07. The van der Waals surface area contributed by atoms with Gasteiger partial charge in [-0.1, -0.05) is 0 Å². The molecule has 3 rings (SSSR count). The number of thiazole rings is 1. The maximum atomic E-state index is 4.59. The smallest absolute Gasteiger partial charge is 0.174 e. The van der Waals surface area contributed by atoms with Crippen LogP contribution in [0.1, 0.15) is 34.2 Å². The third-order valence-corrected chi connectivity index (χ3v) is 4.32. The monoisotopic (exact) mass is 314 g/mol. The summed E-state index contributed by atoms with van der Waals surface area (Å²) in [5, 5.41) is 8.82. The second-order valence-electron chi connectivity index (χ2n) is 5.28. The summed E-state index contributed by atoms with van der Waals surface area (Å²) >= 11 is 1.68. The second kappa shape index (κ2) is 5.84. The Balaban J connectivity index is 1.84. The first-order chi connectivity index (χ1) is 10.5. The van der Waals surface area contributed by atoms with Crippen LogP contribution in [0.4, 0.5) is 5.82 Å².